The van der Waals surface area contributed by atoms with Crippen molar-refractivity contribution in [1.82, 2.24) is 10.6 Å². The Bertz CT molecular complexity index is 347. The molecule has 116 valence electrons. The molecular weight excluding hydrogens is 276 g/mol. The third-order valence-corrected chi connectivity index (χ3v) is 4.89. The fraction of sp³-hybridized carbons (Fsp3) is 0.857. The summed E-state index contributed by atoms with van der Waals surface area (Å²) >= 11 is 1.90. The maximum absolute atomic E-state index is 12.0. The van der Waals surface area contributed by atoms with Gasteiger partial charge in [-0.2, -0.15) is 11.8 Å². The summed E-state index contributed by atoms with van der Waals surface area (Å²) in [5, 5.41) is 15.1. The Morgan fingerprint density at radius 2 is 2.05 bits per heavy atom. The molecule has 0 aromatic rings. The Morgan fingerprint density at radius 1 is 1.35 bits per heavy atom. The minimum absolute atomic E-state index is 0.0605. The van der Waals surface area contributed by atoms with E-state index in [2.05, 4.69) is 17.6 Å². The Kier molecular flexibility index (Phi) is 6.65. The number of hydrogen-bond donors (Lipinski definition) is 3. The number of carboxylic acids is 1. The van der Waals surface area contributed by atoms with Gasteiger partial charge in [-0.3, -0.25) is 4.79 Å². The molecule has 0 saturated heterocycles. The highest BCUT2D eigenvalue weighted by Gasteiger charge is 2.30. The molecule has 0 aliphatic heterocycles. The predicted molar refractivity (Wildman–Crippen MR) is 82.2 cm³/mol. The third-order valence-electron chi connectivity index (χ3n) is 3.57. The van der Waals surface area contributed by atoms with E-state index in [-0.39, 0.29) is 18.5 Å². The van der Waals surface area contributed by atoms with Gasteiger partial charge in [0.1, 0.15) is 0 Å². The third kappa shape index (κ3) is 6.03. The zero-order valence-electron chi connectivity index (χ0n) is 12.6. The summed E-state index contributed by atoms with van der Waals surface area (Å²) in [5.41, 5.74) is -0.505. The maximum Gasteiger partial charge on any atom is 0.315 e. The van der Waals surface area contributed by atoms with Crippen LogP contribution in [0.1, 0.15) is 52.9 Å². The SMILES string of the molecule is CCSC1CCCC1NC(=O)NC(C)(C)CCC(=O)O. The number of carbonyl (C=O) groups is 2. The average Bonchev–Trinajstić information content (AvgIpc) is 2.74. The molecule has 0 heterocycles. The van der Waals surface area contributed by atoms with Crippen molar-refractivity contribution in [3.63, 3.8) is 0 Å². The molecule has 0 aromatic heterocycles. The van der Waals surface area contributed by atoms with E-state index in [0.29, 0.717) is 11.7 Å². The highest BCUT2D eigenvalue weighted by atomic mass is 32.2. The molecule has 1 aliphatic carbocycles. The number of urea groups is 1. The van der Waals surface area contributed by atoms with Gasteiger partial charge in [-0.25, -0.2) is 4.79 Å². The molecule has 0 radical (unpaired) electrons. The van der Waals surface area contributed by atoms with Crippen LogP contribution in [0.2, 0.25) is 0 Å². The number of hydrogen-bond acceptors (Lipinski definition) is 3. The molecule has 2 atom stereocenters. The van der Waals surface area contributed by atoms with E-state index in [0.717, 1.165) is 25.0 Å². The van der Waals surface area contributed by atoms with Gasteiger partial charge >= 0.3 is 12.0 Å². The number of amides is 2. The van der Waals surface area contributed by atoms with Gasteiger partial charge in [0.15, 0.2) is 0 Å². The van der Waals surface area contributed by atoms with Gasteiger partial charge < -0.3 is 15.7 Å². The zero-order chi connectivity index (χ0) is 15.2. The molecule has 2 amide bonds. The van der Waals surface area contributed by atoms with Crippen LogP contribution >= 0.6 is 11.8 Å². The number of carboxylic acid groups (broad SMARTS) is 1. The van der Waals surface area contributed by atoms with E-state index < -0.39 is 11.5 Å². The summed E-state index contributed by atoms with van der Waals surface area (Å²) in [6, 6.07) is 0.0456. The van der Waals surface area contributed by atoms with Crippen LogP contribution in [0.5, 0.6) is 0 Å². The first-order chi connectivity index (χ1) is 9.34. The Hall–Kier alpha value is -0.910. The molecule has 0 bridgehead atoms. The van der Waals surface area contributed by atoms with Crippen molar-refractivity contribution in [2.24, 2.45) is 0 Å². The lowest BCUT2D eigenvalue weighted by Crippen LogP contribution is -2.52. The Balaban J connectivity index is 2.40. The van der Waals surface area contributed by atoms with Gasteiger partial charge in [-0.05, 0) is 38.9 Å². The first-order valence-electron chi connectivity index (χ1n) is 7.26. The minimum atomic E-state index is -0.838. The Labute approximate surface area is 125 Å². The second-order valence-corrected chi connectivity index (χ2v) is 7.42. The molecule has 20 heavy (non-hydrogen) atoms. The van der Waals surface area contributed by atoms with E-state index in [4.69, 9.17) is 5.11 Å². The van der Waals surface area contributed by atoms with E-state index in [1.165, 1.54) is 0 Å². The lowest BCUT2D eigenvalue weighted by atomic mass is 9.99. The first-order valence-corrected chi connectivity index (χ1v) is 8.31. The van der Waals surface area contributed by atoms with Crippen LogP contribution in [0.25, 0.3) is 0 Å². The summed E-state index contributed by atoms with van der Waals surface area (Å²) in [7, 11) is 0. The van der Waals surface area contributed by atoms with Crippen LogP contribution < -0.4 is 10.6 Å². The fourth-order valence-corrected chi connectivity index (χ4v) is 3.70. The van der Waals surface area contributed by atoms with E-state index in [1.54, 1.807) is 0 Å². The summed E-state index contributed by atoms with van der Waals surface area (Å²) in [5.74, 6) is 0.227. The smallest absolute Gasteiger partial charge is 0.315 e. The van der Waals surface area contributed by atoms with Gasteiger partial charge in [0.2, 0.25) is 0 Å². The molecule has 6 heteroatoms. The highest BCUT2D eigenvalue weighted by Crippen LogP contribution is 2.29. The van der Waals surface area contributed by atoms with Gasteiger partial charge in [0.05, 0.1) is 0 Å². The van der Waals surface area contributed by atoms with Gasteiger partial charge in [-0.1, -0.05) is 13.3 Å². The van der Waals surface area contributed by atoms with Crippen molar-refractivity contribution in [2.45, 2.75) is 69.7 Å². The average molecular weight is 302 g/mol. The molecule has 1 saturated carbocycles. The molecule has 0 aromatic carbocycles. The molecule has 0 spiro atoms. The summed E-state index contributed by atoms with van der Waals surface area (Å²) in [6.45, 7) is 5.83. The van der Waals surface area contributed by atoms with E-state index in [1.807, 2.05) is 25.6 Å². The van der Waals surface area contributed by atoms with Crippen molar-refractivity contribution in [2.75, 3.05) is 5.75 Å². The number of nitrogens with one attached hydrogen (secondary N) is 2. The van der Waals surface area contributed by atoms with Crippen LogP contribution in [0.3, 0.4) is 0 Å². The van der Waals surface area contributed by atoms with Crippen LogP contribution in [0, 0.1) is 0 Å². The monoisotopic (exact) mass is 302 g/mol. The van der Waals surface area contributed by atoms with Crippen LogP contribution in [0.4, 0.5) is 4.79 Å². The minimum Gasteiger partial charge on any atom is -0.481 e. The second kappa shape index (κ2) is 7.76. The second-order valence-electron chi connectivity index (χ2n) is 5.91. The number of carbonyl (C=O) groups excluding carboxylic acids is 1. The lowest BCUT2D eigenvalue weighted by molar-refractivity contribution is -0.137. The summed E-state index contributed by atoms with van der Waals surface area (Å²) in [6.07, 6.45) is 3.83. The molecule has 1 fully saturated rings. The largest absolute Gasteiger partial charge is 0.481 e. The molecule has 1 rings (SSSR count). The Morgan fingerprint density at radius 3 is 2.65 bits per heavy atom. The number of aliphatic carboxylic acids is 1. The molecule has 3 N–H and O–H groups in total. The van der Waals surface area contributed by atoms with Gasteiger partial charge in [0, 0.05) is 23.3 Å². The lowest BCUT2D eigenvalue weighted by Gasteiger charge is -2.28. The number of thioether (sulfide) groups is 1. The topological polar surface area (TPSA) is 78.4 Å². The normalized spacial score (nSPS) is 22.6. The molecule has 5 nitrogen and oxygen atoms in total. The highest BCUT2D eigenvalue weighted by molar-refractivity contribution is 7.99. The molecule has 1 aliphatic rings. The first kappa shape index (κ1) is 17.1. The van der Waals surface area contributed by atoms with Crippen molar-refractivity contribution in [1.29, 1.82) is 0 Å². The number of rotatable bonds is 7. The molecular formula is C14H26N2O3S. The van der Waals surface area contributed by atoms with Crippen LogP contribution in [-0.4, -0.2) is 39.7 Å². The van der Waals surface area contributed by atoms with Gasteiger partial charge in [0.25, 0.3) is 0 Å². The quantitative estimate of drug-likeness (QED) is 0.675. The maximum atomic E-state index is 12.0. The van der Waals surface area contributed by atoms with Crippen molar-refractivity contribution >= 4 is 23.8 Å². The standard InChI is InChI=1S/C14H26N2O3S/c1-4-20-11-7-5-6-10(11)15-13(19)16-14(2,3)9-8-12(17)18/h10-11H,4-9H2,1-3H3,(H,17,18)(H2,15,16,19). The summed E-state index contributed by atoms with van der Waals surface area (Å²) in [4.78, 5) is 22.6. The van der Waals surface area contributed by atoms with Gasteiger partial charge in [-0.15, -0.1) is 0 Å². The zero-order valence-corrected chi connectivity index (χ0v) is 13.4. The van der Waals surface area contributed by atoms with Crippen molar-refractivity contribution in [3.8, 4) is 0 Å². The summed E-state index contributed by atoms with van der Waals surface area (Å²) < 4.78 is 0. The molecule has 2 unspecified atom stereocenters. The fourth-order valence-electron chi connectivity index (χ4n) is 2.50. The predicted octanol–water partition coefficient (Wildman–Crippen LogP) is 2.60. The van der Waals surface area contributed by atoms with Crippen LogP contribution in [-0.2, 0) is 4.79 Å². The van der Waals surface area contributed by atoms with Crippen molar-refractivity contribution < 1.29 is 14.7 Å². The van der Waals surface area contributed by atoms with Crippen molar-refractivity contribution in [3.05, 3.63) is 0 Å². The van der Waals surface area contributed by atoms with E-state index >= 15 is 0 Å². The van der Waals surface area contributed by atoms with Crippen LogP contribution in [0.15, 0.2) is 0 Å². The van der Waals surface area contributed by atoms with E-state index in [9.17, 15) is 9.59 Å².